The first kappa shape index (κ1) is 20.7. The van der Waals surface area contributed by atoms with Crippen molar-refractivity contribution in [3.8, 4) is 0 Å². The minimum absolute atomic E-state index is 0.192. The summed E-state index contributed by atoms with van der Waals surface area (Å²) in [6.07, 6.45) is 3.81. The molecule has 0 saturated carbocycles. The van der Waals surface area contributed by atoms with Crippen LogP contribution in [0.4, 0.5) is 5.82 Å². The fourth-order valence-corrected chi connectivity index (χ4v) is 4.11. The average molecular weight is 411 g/mol. The van der Waals surface area contributed by atoms with Gasteiger partial charge in [0.05, 0.1) is 6.10 Å². The van der Waals surface area contributed by atoms with E-state index in [4.69, 9.17) is 0 Å². The second-order valence-electron chi connectivity index (χ2n) is 8.07. The molecule has 2 aliphatic heterocycles. The SMILES string of the molecule is O=C(NC[C@H](O)CN1CCc2ccccc2C1)c1cc(NC2CCNCC2)ncn1. The van der Waals surface area contributed by atoms with Crippen LogP contribution in [0.3, 0.4) is 0 Å². The highest BCUT2D eigenvalue weighted by Crippen LogP contribution is 2.18. The van der Waals surface area contributed by atoms with Crippen molar-refractivity contribution in [2.24, 2.45) is 0 Å². The molecule has 0 radical (unpaired) electrons. The number of fused-ring (bicyclic) bond motifs is 1. The molecular formula is C22H30N6O2. The van der Waals surface area contributed by atoms with Crippen LogP contribution in [-0.4, -0.2) is 70.8 Å². The Labute approximate surface area is 177 Å². The number of β-amino-alcohol motifs (C(OH)–C–C–N with tert-alkyl or cyclic N) is 1. The summed E-state index contributed by atoms with van der Waals surface area (Å²) in [5.41, 5.74) is 3.00. The van der Waals surface area contributed by atoms with Gasteiger partial charge in [-0.3, -0.25) is 9.69 Å². The number of benzene rings is 1. The summed E-state index contributed by atoms with van der Waals surface area (Å²) in [6, 6.07) is 10.5. The first-order valence-electron chi connectivity index (χ1n) is 10.7. The van der Waals surface area contributed by atoms with Gasteiger partial charge in [-0.05, 0) is 43.5 Å². The Bertz CT molecular complexity index is 855. The van der Waals surface area contributed by atoms with Crippen molar-refractivity contribution in [3.63, 3.8) is 0 Å². The van der Waals surface area contributed by atoms with Crippen LogP contribution >= 0.6 is 0 Å². The normalized spacial score (nSPS) is 18.4. The van der Waals surface area contributed by atoms with Crippen molar-refractivity contribution in [3.05, 3.63) is 53.5 Å². The molecule has 3 heterocycles. The molecule has 0 spiro atoms. The summed E-state index contributed by atoms with van der Waals surface area (Å²) in [6.45, 7) is 4.44. The van der Waals surface area contributed by atoms with Gasteiger partial charge in [0.2, 0.25) is 0 Å². The molecule has 1 saturated heterocycles. The van der Waals surface area contributed by atoms with Gasteiger partial charge < -0.3 is 21.1 Å². The van der Waals surface area contributed by atoms with Crippen LogP contribution < -0.4 is 16.0 Å². The van der Waals surface area contributed by atoms with Crippen LogP contribution in [0, 0.1) is 0 Å². The third-order valence-electron chi connectivity index (χ3n) is 5.77. The van der Waals surface area contributed by atoms with Crippen molar-refractivity contribution < 1.29 is 9.90 Å². The zero-order valence-corrected chi connectivity index (χ0v) is 17.2. The largest absolute Gasteiger partial charge is 0.390 e. The van der Waals surface area contributed by atoms with Crippen LogP contribution in [-0.2, 0) is 13.0 Å². The summed E-state index contributed by atoms with van der Waals surface area (Å²) in [5.74, 6) is 0.364. The maximum absolute atomic E-state index is 12.5. The number of piperidine rings is 1. The molecule has 1 aromatic carbocycles. The lowest BCUT2D eigenvalue weighted by molar-refractivity contribution is 0.0838. The summed E-state index contributed by atoms with van der Waals surface area (Å²) in [7, 11) is 0. The van der Waals surface area contributed by atoms with Crippen molar-refractivity contribution in [1.29, 1.82) is 0 Å². The van der Waals surface area contributed by atoms with Crippen LogP contribution in [0.5, 0.6) is 0 Å². The summed E-state index contributed by atoms with van der Waals surface area (Å²) >= 11 is 0. The molecule has 0 unspecified atom stereocenters. The monoisotopic (exact) mass is 410 g/mol. The molecule has 1 amide bonds. The second kappa shape index (κ2) is 9.97. The third kappa shape index (κ3) is 5.53. The van der Waals surface area contributed by atoms with Crippen molar-refractivity contribution in [2.45, 2.75) is 38.0 Å². The number of hydrogen-bond acceptors (Lipinski definition) is 7. The number of anilines is 1. The van der Waals surface area contributed by atoms with E-state index < -0.39 is 6.10 Å². The van der Waals surface area contributed by atoms with Gasteiger partial charge in [-0.2, -0.15) is 0 Å². The van der Waals surface area contributed by atoms with Crippen LogP contribution in [0.15, 0.2) is 36.7 Å². The molecule has 0 bridgehead atoms. The minimum atomic E-state index is -0.631. The molecule has 2 aromatic rings. The Hall–Kier alpha value is -2.55. The lowest BCUT2D eigenvalue weighted by Crippen LogP contribution is -2.42. The molecule has 0 aliphatic carbocycles. The maximum Gasteiger partial charge on any atom is 0.270 e. The highest BCUT2D eigenvalue weighted by Gasteiger charge is 2.19. The summed E-state index contributed by atoms with van der Waals surface area (Å²) in [4.78, 5) is 23.0. The van der Waals surface area contributed by atoms with Gasteiger partial charge in [-0.25, -0.2) is 9.97 Å². The van der Waals surface area contributed by atoms with Gasteiger partial charge in [-0.1, -0.05) is 24.3 Å². The fraction of sp³-hybridized carbons (Fsp3) is 0.500. The second-order valence-corrected chi connectivity index (χ2v) is 8.07. The third-order valence-corrected chi connectivity index (χ3v) is 5.77. The van der Waals surface area contributed by atoms with E-state index in [2.05, 4.69) is 55.1 Å². The zero-order chi connectivity index (χ0) is 20.8. The number of aliphatic hydroxyl groups is 1. The Balaban J connectivity index is 1.24. The van der Waals surface area contributed by atoms with Crippen LogP contribution in [0.25, 0.3) is 0 Å². The number of aliphatic hydroxyl groups excluding tert-OH is 1. The molecule has 1 fully saturated rings. The molecule has 4 N–H and O–H groups in total. The highest BCUT2D eigenvalue weighted by molar-refractivity contribution is 5.92. The standard InChI is InChI=1S/C22H30N6O2/c29-19(14-28-10-7-16-3-1-2-4-17(16)13-28)12-24-22(30)20-11-21(26-15-25-20)27-18-5-8-23-9-6-18/h1-4,11,15,18-19,23,29H,5-10,12-14H2,(H,24,30)(H,25,26,27)/t19-/m0/s1. The van der Waals surface area contributed by atoms with Crippen LogP contribution in [0.2, 0.25) is 0 Å². The maximum atomic E-state index is 12.5. The number of aromatic nitrogens is 2. The highest BCUT2D eigenvalue weighted by atomic mass is 16.3. The van der Waals surface area contributed by atoms with Gasteiger partial charge in [0.15, 0.2) is 0 Å². The molecule has 160 valence electrons. The fourth-order valence-electron chi connectivity index (χ4n) is 4.11. The summed E-state index contributed by atoms with van der Waals surface area (Å²) < 4.78 is 0. The van der Waals surface area contributed by atoms with Gasteiger partial charge >= 0.3 is 0 Å². The lowest BCUT2D eigenvalue weighted by Gasteiger charge is -2.30. The molecular weight excluding hydrogens is 380 g/mol. The number of hydrogen-bond donors (Lipinski definition) is 4. The van der Waals surface area contributed by atoms with E-state index in [-0.39, 0.29) is 12.5 Å². The quantitative estimate of drug-likeness (QED) is 0.535. The molecule has 30 heavy (non-hydrogen) atoms. The summed E-state index contributed by atoms with van der Waals surface area (Å²) in [5, 5.41) is 19.9. The van der Waals surface area contributed by atoms with E-state index in [1.165, 1.54) is 17.5 Å². The van der Waals surface area contributed by atoms with E-state index in [0.717, 1.165) is 45.4 Å². The molecule has 1 atom stereocenters. The number of carbonyl (C=O) groups excluding carboxylic acids is 1. The smallest absolute Gasteiger partial charge is 0.270 e. The van der Waals surface area contributed by atoms with Gasteiger partial charge in [0.1, 0.15) is 17.8 Å². The van der Waals surface area contributed by atoms with Gasteiger partial charge in [0.25, 0.3) is 5.91 Å². The Morgan fingerprint density at radius 2 is 2.03 bits per heavy atom. The van der Waals surface area contributed by atoms with Crippen molar-refractivity contribution in [2.75, 3.05) is 38.0 Å². The molecule has 1 aromatic heterocycles. The van der Waals surface area contributed by atoms with E-state index in [0.29, 0.717) is 24.1 Å². The number of amides is 1. The zero-order valence-electron chi connectivity index (χ0n) is 17.2. The molecule has 8 nitrogen and oxygen atoms in total. The molecule has 2 aliphatic rings. The number of nitrogens with one attached hydrogen (secondary N) is 3. The van der Waals surface area contributed by atoms with Crippen LogP contribution in [0.1, 0.15) is 34.5 Å². The Kier molecular flexibility index (Phi) is 6.88. The van der Waals surface area contributed by atoms with Crippen molar-refractivity contribution >= 4 is 11.7 Å². The minimum Gasteiger partial charge on any atom is -0.390 e. The predicted molar refractivity (Wildman–Crippen MR) is 115 cm³/mol. The van der Waals surface area contributed by atoms with E-state index in [1.54, 1.807) is 6.07 Å². The van der Waals surface area contributed by atoms with Gasteiger partial charge in [0, 0.05) is 38.3 Å². The lowest BCUT2D eigenvalue weighted by atomic mass is 10.00. The van der Waals surface area contributed by atoms with E-state index in [9.17, 15) is 9.90 Å². The Morgan fingerprint density at radius 1 is 1.23 bits per heavy atom. The first-order valence-corrected chi connectivity index (χ1v) is 10.7. The molecule has 4 rings (SSSR count). The Morgan fingerprint density at radius 3 is 2.87 bits per heavy atom. The van der Waals surface area contributed by atoms with Gasteiger partial charge in [-0.15, -0.1) is 0 Å². The first-order chi connectivity index (χ1) is 14.7. The topological polar surface area (TPSA) is 102 Å². The number of carbonyl (C=O) groups is 1. The van der Waals surface area contributed by atoms with E-state index in [1.807, 2.05) is 0 Å². The number of nitrogens with zero attached hydrogens (tertiary/aromatic N) is 3. The number of rotatable bonds is 7. The van der Waals surface area contributed by atoms with E-state index >= 15 is 0 Å². The molecule has 8 heteroatoms. The average Bonchev–Trinajstić information content (AvgIpc) is 2.78. The van der Waals surface area contributed by atoms with Crippen molar-refractivity contribution in [1.82, 2.24) is 25.5 Å². The predicted octanol–water partition coefficient (Wildman–Crippen LogP) is 0.789.